The second-order valence-electron chi connectivity index (χ2n) is 8.41. The van der Waals surface area contributed by atoms with E-state index in [0.717, 1.165) is 12.1 Å². The summed E-state index contributed by atoms with van der Waals surface area (Å²) >= 11 is 0.583. The number of rotatable bonds is 6. The second-order valence-corrected chi connectivity index (χ2v) is 9.46. The van der Waals surface area contributed by atoms with Crippen LogP contribution in [0.4, 0.5) is 18.9 Å². The molecular formula is C25H20F3N3O3S. The van der Waals surface area contributed by atoms with E-state index >= 15 is 0 Å². The molecule has 0 bridgehead atoms. The van der Waals surface area contributed by atoms with Crippen LogP contribution in [-0.2, 0) is 11.0 Å². The number of aliphatic carboxylic acids is 1. The van der Waals surface area contributed by atoms with Crippen LogP contribution in [0.5, 0.6) is 0 Å². The Morgan fingerprint density at radius 3 is 2.46 bits per heavy atom. The highest BCUT2D eigenvalue weighted by Crippen LogP contribution is 2.45. The number of hydrogen-bond donors (Lipinski definition) is 2. The van der Waals surface area contributed by atoms with Crippen LogP contribution in [0.2, 0.25) is 0 Å². The van der Waals surface area contributed by atoms with Crippen molar-refractivity contribution in [3.05, 3.63) is 65.5 Å². The van der Waals surface area contributed by atoms with Crippen LogP contribution in [0.25, 0.3) is 33.3 Å². The molecular weight excluding hydrogens is 479 g/mol. The van der Waals surface area contributed by atoms with Crippen molar-refractivity contribution >= 4 is 23.0 Å². The smallest absolute Gasteiger partial charge is 0.426 e. The van der Waals surface area contributed by atoms with Gasteiger partial charge in [0.05, 0.1) is 10.8 Å². The van der Waals surface area contributed by atoms with E-state index in [2.05, 4.69) is 15.5 Å². The van der Waals surface area contributed by atoms with E-state index in [-0.39, 0.29) is 34.1 Å². The molecule has 1 aliphatic carbocycles. The summed E-state index contributed by atoms with van der Waals surface area (Å²) in [5.41, 5.74) is 2.01. The summed E-state index contributed by atoms with van der Waals surface area (Å²) in [6.45, 7) is 0. The van der Waals surface area contributed by atoms with E-state index < -0.39 is 17.0 Å². The van der Waals surface area contributed by atoms with E-state index in [4.69, 9.17) is 9.63 Å². The molecule has 0 aliphatic heterocycles. The number of benzene rings is 2. The summed E-state index contributed by atoms with van der Waals surface area (Å²) in [6, 6.07) is 17.1. The van der Waals surface area contributed by atoms with E-state index in [1.807, 2.05) is 12.1 Å². The van der Waals surface area contributed by atoms with Crippen LogP contribution < -0.4 is 5.32 Å². The minimum atomic E-state index is -4.51. The van der Waals surface area contributed by atoms with E-state index in [9.17, 15) is 18.0 Å². The molecule has 0 amide bonds. The molecule has 2 aromatic carbocycles. The maximum absolute atomic E-state index is 13.7. The molecule has 10 heteroatoms. The molecule has 180 valence electrons. The molecule has 4 aromatic rings. The minimum Gasteiger partial charge on any atom is -0.481 e. The molecule has 2 N–H and O–H groups in total. The van der Waals surface area contributed by atoms with Crippen LogP contribution >= 0.6 is 11.3 Å². The SMILES string of the molecule is O=C(O)[C@@H]1CC[C@H](Nc2ccc(-c3nc(-c4cc(-c5ccccc5)c(C(F)(F)F)s4)no3)cc2)C1. The zero-order valence-electron chi connectivity index (χ0n) is 18.2. The van der Waals surface area contributed by atoms with Crippen LogP contribution in [-0.4, -0.2) is 27.3 Å². The summed E-state index contributed by atoms with van der Waals surface area (Å²) in [6.07, 6.45) is -2.48. The van der Waals surface area contributed by atoms with E-state index in [1.54, 1.807) is 42.5 Å². The molecule has 0 spiro atoms. The van der Waals surface area contributed by atoms with Gasteiger partial charge in [0, 0.05) is 22.9 Å². The largest absolute Gasteiger partial charge is 0.481 e. The van der Waals surface area contributed by atoms with Gasteiger partial charge >= 0.3 is 12.1 Å². The number of aromatic nitrogens is 2. The summed E-state index contributed by atoms with van der Waals surface area (Å²) in [7, 11) is 0. The van der Waals surface area contributed by atoms with Crippen LogP contribution in [0.1, 0.15) is 24.1 Å². The number of hydrogen-bond acceptors (Lipinski definition) is 6. The van der Waals surface area contributed by atoms with Crippen molar-refractivity contribution in [1.29, 1.82) is 0 Å². The topological polar surface area (TPSA) is 88.2 Å². The Morgan fingerprint density at radius 2 is 1.80 bits per heavy atom. The molecule has 2 heterocycles. The number of thiophene rings is 1. The molecule has 1 fully saturated rings. The number of carboxylic acids is 1. The second kappa shape index (κ2) is 9.18. The monoisotopic (exact) mass is 499 g/mol. The Hall–Kier alpha value is -3.66. The highest BCUT2D eigenvalue weighted by atomic mass is 32.1. The summed E-state index contributed by atoms with van der Waals surface area (Å²) in [5.74, 6) is -0.797. The fourth-order valence-corrected chi connectivity index (χ4v) is 5.24. The van der Waals surface area contributed by atoms with Gasteiger partial charge in [-0.25, -0.2) is 0 Å². The lowest BCUT2D eigenvalue weighted by Crippen LogP contribution is -2.17. The Bertz CT molecular complexity index is 1330. The van der Waals surface area contributed by atoms with Crippen molar-refractivity contribution in [3.8, 4) is 33.3 Å². The number of nitrogens with one attached hydrogen (secondary N) is 1. The van der Waals surface area contributed by atoms with Gasteiger partial charge in [-0.05, 0) is 55.2 Å². The normalized spacial score (nSPS) is 18.0. The lowest BCUT2D eigenvalue weighted by Gasteiger charge is -2.14. The number of anilines is 1. The number of carboxylic acid groups (broad SMARTS) is 1. The van der Waals surface area contributed by atoms with E-state index in [1.165, 1.54) is 6.07 Å². The molecule has 5 rings (SSSR count). The molecule has 35 heavy (non-hydrogen) atoms. The predicted molar refractivity (Wildman–Crippen MR) is 126 cm³/mol. The van der Waals surface area contributed by atoms with Gasteiger partial charge in [-0.3, -0.25) is 4.79 Å². The number of alkyl halides is 3. The number of carbonyl (C=O) groups is 1. The predicted octanol–water partition coefficient (Wildman–Crippen LogP) is 6.82. The summed E-state index contributed by atoms with van der Waals surface area (Å²) in [5, 5.41) is 16.4. The molecule has 1 saturated carbocycles. The number of nitrogens with zero attached hydrogens (tertiary/aromatic N) is 2. The highest BCUT2D eigenvalue weighted by Gasteiger charge is 2.37. The van der Waals surface area contributed by atoms with Gasteiger partial charge in [-0.2, -0.15) is 18.2 Å². The van der Waals surface area contributed by atoms with Gasteiger partial charge in [0.15, 0.2) is 0 Å². The van der Waals surface area contributed by atoms with Gasteiger partial charge < -0.3 is 14.9 Å². The third kappa shape index (κ3) is 4.93. The van der Waals surface area contributed by atoms with Gasteiger partial charge in [0.1, 0.15) is 4.88 Å². The van der Waals surface area contributed by atoms with E-state index in [0.29, 0.717) is 35.3 Å². The zero-order chi connectivity index (χ0) is 24.6. The molecule has 6 nitrogen and oxygen atoms in total. The molecule has 0 unspecified atom stereocenters. The number of halogens is 3. The first-order valence-corrected chi connectivity index (χ1v) is 11.8. The lowest BCUT2D eigenvalue weighted by atomic mass is 10.1. The van der Waals surface area contributed by atoms with Crippen molar-refractivity contribution in [3.63, 3.8) is 0 Å². The Labute approximate surface area is 202 Å². The van der Waals surface area contributed by atoms with Crippen LogP contribution in [0.3, 0.4) is 0 Å². The molecule has 2 atom stereocenters. The Balaban J connectivity index is 1.35. The van der Waals surface area contributed by atoms with Gasteiger partial charge in [-0.1, -0.05) is 35.5 Å². The maximum atomic E-state index is 13.7. The van der Waals surface area contributed by atoms with Gasteiger partial charge in [0.2, 0.25) is 5.82 Å². The lowest BCUT2D eigenvalue weighted by molar-refractivity contribution is -0.141. The van der Waals surface area contributed by atoms with Gasteiger partial charge in [-0.15, -0.1) is 11.3 Å². The Morgan fingerprint density at radius 1 is 1.06 bits per heavy atom. The maximum Gasteiger partial charge on any atom is 0.426 e. The highest BCUT2D eigenvalue weighted by molar-refractivity contribution is 7.16. The molecule has 0 radical (unpaired) electrons. The molecule has 0 saturated heterocycles. The zero-order valence-corrected chi connectivity index (χ0v) is 19.1. The van der Waals surface area contributed by atoms with Crippen LogP contribution in [0, 0.1) is 5.92 Å². The van der Waals surface area contributed by atoms with Crippen molar-refractivity contribution in [2.45, 2.75) is 31.5 Å². The average molecular weight is 500 g/mol. The van der Waals surface area contributed by atoms with Crippen molar-refractivity contribution < 1.29 is 27.6 Å². The third-order valence-electron chi connectivity index (χ3n) is 6.01. The van der Waals surface area contributed by atoms with Gasteiger partial charge in [0.25, 0.3) is 5.89 Å². The summed E-state index contributed by atoms with van der Waals surface area (Å²) in [4.78, 5) is 15.0. The quantitative estimate of drug-likeness (QED) is 0.303. The average Bonchev–Trinajstić information content (AvgIpc) is 3.59. The third-order valence-corrected chi connectivity index (χ3v) is 7.18. The fraction of sp³-hybridized carbons (Fsp3) is 0.240. The first kappa shape index (κ1) is 23.1. The van der Waals surface area contributed by atoms with Crippen molar-refractivity contribution in [2.24, 2.45) is 5.92 Å². The fourth-order valence-electron chi connectivity index (χ4n) is 4.27. The van der Waals surface area contributed by atoms with Crippen LogP contribution in [0.15, 0.2) is 65.2 Å². The summed E-state index contributed by atoms with van der Waals surface area (Å²) < 4.78 is 46.4. The first-order chi connectivity index (χ1) is 16.8. The molecule has 2 aromatic heterocycles. The molecule has 1 aliphatic rings. The minimum absolute atomic E-state index is 0.0805. The van der Waals surface area contributed by atoms with Crippen molar-refractivity contribution in [1.82, 2.24) is 10.1 Å². The Kier molecular flexibility index (Phi) is 6.06. The first-order valence-electron chi connectivity index (χ1n) is 11.0. The van der Waals surface area contributed by atoms with Crippen molar-refractivity contribution in [2.75, 3.05) is 5.32 Å². The standard InChI is InChI=1S/C25H20F3N3O3S/c26-25(27,28)21-19(14-4-2-1-3-5-14)13-20(35-21)22-30-23(34-31-22)15-6-9-17(10-7-15)29-18-11-8-16(12-18)24(32)33/h1-7,9-10,13,16,18,29H,8,11-12H2,(H,32,33)/t16-,18+/m1/s1.